The van der Waals surface area contributed by atoms with Crippen LogP contribution in [-0.2, 0) is 6.54 Å². The molecule has 1 rings (SSSR count). The van der Waals surface area contributed by atoms with Crippen LogP contribution in [0.2, 0.25) is 0 Å². The van der Waals surface area contributed by atoms with Crippen LogP contribution in [0.4, 0.5) is 0 Å². The third-order valence-electron chi connectivity index (χ3n) is 2.26. The second-order valence-corrected chi connectivity index (χ2v) is 3.31. The zero-order valence-electron chi connectivity index (χ0n) is 8.68. The lowest BCUT2D eigenvalue weighted by atomic mass is 10.2. The van der Waals surface area contributed by atoms with Crippen molar-refractivity contribution < 1.29 is 21.5 Å². The van der Waals surface area contributed by atoms with Crippen molar-refractivity contribution in [1.29, 1.82) is 0 Å². The summed E-state index contributed by atoms with van der Waals surface area (Å²) < 4.78 is 2.38. The molecule has 0 aliphatic rings. The summed E-state index contributed by atoms with van der Waals surface area (Å²) in [5, 5.41) is 0. The van der Waals surface area contributed by atoms with E-state index in [-0.39, 0.29) is 17.0 Å². The number of nitrogens with zero attached hydrogens (tertiary/aromatic N) is 1. The lowest BCUT2D eigenvalue weighted by Crippen LogP contribution is -3.00. The Kier molecular flexibility index (Phi) is 5.97. The highest BCUT2D eigenvalue weighted by atomic mass is 79.9. The quantitative estimate of drug-likeness (QED) is 0.625. The number of pyridine rings is 1. The summed E-state index contributed by atoms with van der Waals surface area (Å²) in [7, 11) is 0. The number of aromatic nitrogens is 1. The maximum absolute atomic E-state index is 2.38. The SMILES string of the molecule is CCCC[n+]1c(C)cccc1C.[Br-]. The Bertz CT molecular complexity index is 238. The van der Waals surface area contributed by atoms with Crippen molar-refractivity contribution >= 4 is 0 Å². The van der Waals surface area contributed by atoms with E-state index in [0.717, 1.165) is 6.54 Å². The molecule has 74 valence electrons. The van der Waals surface area contributed by atoms with Crippen LogP contribution in [0.3, 0.4) is 0 Å². The van der Waals surface area contributed by atoms with Gasteiger partial charge in [-0.25, -0.2) is 4.57 Å². The Morgan fingerprint density at radius 1 is 1.15 bits per heavy atom. The first kappa shape index (κ1) is 12.6. The van der Waals surface area contributed by atoms with E-state index >= 15 is 0 Å². The first-order valence-corrected chi connectivity index (χ1v) is 4.71. The number of unbranched alkanes of at least 4 members (excludes halogenated alkanes) is 1. The van der Waals surface area contributed by atoms with E-state index in [1.807, 2.05) is 0 Å². The monoisotopic (exact) mass is 243 g/mol. The molecule has 0 aliphatic carbocycles. The minimum atomic E-state index is 0. The third kappa shape index (κ3) is 3.47. The molecule has 1 aromatic rings. The van der Waals surface area contributed by atoms with Crippen molar-refractivity contribution in [3.05, 3.63) is 29.6 Å². The predicted molar refractivity (Wildman–Crippen MR) is 51.0 cm³/mol. The minimum Gasteiger partial charge on any atom is -1.00 e. The van der Waals surface area contributed by atoms with Gasteiger partial charge in [-0.15, -0.1) is 0 Å². The predicted octanol–water partition coefficient (Wildman–Crippen LogP) is -0.605. The summed E-state index contributed by atoms with van der Waals surface area (Å²) in [6.07, 6.45) is 2.54. The van der Waals surface area contributed by atoms with Crippen molar-refractivity contribution in [2.75, 3.05) is 0 Å². The summed E-state index contributed by atoms with van der Waals surface area (Å²) in [5.74, 6) is 0. The van der Waals surface area contributed by atoms with E-state index < -0.39 is 0 Å². The largest absolute Gasteiger partial charge is 1.00 e. The normalized spacial score (nSPS) is 9.46. The molecule has 1 nitrogen and oxygen atoms in total. The molecule has 13 heavy (non-hydrogen) atoms. The van der Waals surface area contributed by atoms with Gasteiger partial charge < -0.3 is 17.0 Å². The summed E-state index contributed by atoms with van der Waals surface area (Å²) in [4.78, 5) is 0. The van der Waals surface area contributed by atoms with Gasteiger partial charge in [-0.3, -0.25) is 0 Å². The van der Waals surface area contributed by atoms with E-state index in [1.165, 1.54) is 24.2 Å². The lowest BCUT2D eigenvalue weighted by molar-refractivity contribution is -0.708. The Labute approximate surface area is 91.6 Å². The Hall–Kier alpha value is -0.370. The Morgan fingerprint density at radius 2 is 1.69 bits per heavy atom. The van der Waals surface area contributed by atoms with Crippen molar-refractivity contribution in [3.63, 3.8) is 0 Å². The molecule has 0 aromatic carbocycles. The minimum absolute atomic E-state index is 0. The fraction of sp³-hybridized carbons (Fsp3) is 0.545. The Balaban J connectivity index is 0.00000144. The van der Waals surface area contributed by atoms with E-state index in [4.69, 9.17) is 0 Å². The van der Waals surface area contributed by atoms with Crippen LogP contribution in [0, 0.1) is 13.8 Å². The molecule has 0 atom stereocenters. The van der Waals surface area contributed by atoms with Crippen molar-refractivity contribution in [3.8, 4) is 0 Å². The van der Waals surface area contributed by atoms with Gasteiger partial charge in [0.2, 0.25) is 0 Å². The van der Waals surface area contributed by atoms with Crippen molar-refractivity contribution in [2.24, 2.45) is 0 Å². The van der Waals surface area contributed by atoms with Gasteiger partial charge in [0.05, 0.1) is 0 Å². The molecule has 0 amide bonds. The van der Waals surface area contributed by atoms with Gasteiger partial charge in [-0.1, -0.05) is 13.3 Å². The van der Waals surface area contributed by atoms with Gasteiger partial charge in [0, 0.05) is 32.4 Å². The van der Waals surface area contributed by atoms with Gasteiger partial charge in [0.25, 0.3) is 0 Å². The van der Waals surface area contributed by atoms with Crippen LogP contribution in [-0.4, -0.2) is 0 Å². The molecule has 0 radical (unpaired) electrons. The van der Waals surface area contributed by atoms with Gasteiger partial charge in [-0.05, 0) is 6.07 Å². The molecule has 0 spiro atoms. The van der Waals surface area contributed by atoms with Crippen LogP contribution in [0.1, 0.15) is 31.2 Å². The third-order valence-corrected chi connectivity index (χ3v) is 2.26. The average molecular weight is 244 g/mol. The standard InChI is InChI=1S/C11H18N.BrH/c1-4-5-9-12-10(2)7-6-8-11(12)3;/h6-8H,4-5,9H2,1-3H3;1H/q+1;/p-1. The number of rotatable bonds is 3. The summed E-state index contributed by atoms with van der Waals surface area (Å²) in [5.41, 5.74) is 2.73. The maximum Gasteiger partial charge on any atom is 0.178 e. The summed E-state index contributed by atoms with van der Waals surface area (Å²) in [6, 6.07) is 6.46. The molecule has 0 unspecified atom stereocenters. The second-order valence-electron chi connectivity index (χ2n) is 3.31. The molecule has 0 fully saturated rings. The number of halogens is 1. The van der Waals surface area contributed by atoms with Gasteiger partial charge >= 0.3 is 0 Å². The van der Waals surface area contributed by atoms with Crippen LogP contribution in [0.25, 0.3) is 0 Å². The number of hydrogen-bond donors (Lipinski definition) is 0. The molecule has 1 aromatic heterocycles. The van der Waals surface area contributed by atoms with Crippen molar-refractivity contribution in [2.45, 2.75) is 40.2 Å². The highest BCUT2D eigenvalue weighted by molar-refractivity contribution is 5.00. The van der Waals surface area contributed by atoms with E-state index in [1.54, 1.807) is 0 Å². The van der Waals surface area contributed by atoms with Crippen LogP contribution < -0.4 is 21.5 Å². The zero-order chi connectivity index (χ0) is 8.97. The Morgan fingerprint density at radius 3 is 2.15 bits per heavy atom. The molecular formula is C11H18BrN. The first-order valence-electron chi connectivity index (χ1n) is 4.71. The first-order chi connectivity index (χ1) is 5.75. The average Bonchev–Trinajstić information content (AvgIpc) is 2.04. The molecule has 0 bridgehead atoms. The highest BCUT2D eigenvalue weighted by Crippen LogP contribution is 1.96. The summed E-state index contributed by atoms with van der Waals surface area (Å²) >= 11 is 0. The highest BCUT2D eigenvalue weighted by Gasteiger charge is 2.07. The zero-order valence-corrected chi connectivity index (χ0v) is 10.3. The molecular weight excluding hydrogens is 226 g/mol. The molecule has 2 heteroatoms. The van der Waals surface area contributed by atoms with Gasteiger partial charge in [0.15, 0.2) is 11.4 Å². The molecule has 0 aliphatic heterocycles. The fourth-order valence-corrected chi connectivity index (χ4v) is 1.45. The van der Waals surface area contributed by atoms with E-state index in [2.05, 4.69) is 43.5 Å². The van der Waals surface area contributed by atoms with Crippen LogP contribution in [0.15, 0.2) is 18.2 Å². The number of hydrogen-bond acceptors (Lipinski definition) is 0. The lowest BCUT2D eigenvalue weighted by Gasteiger charge is -2.01. The molecule has 1 heterocycles. The maximum atomic E-state index is 2.38. The topological polar surface area (TPSA) is 3.88 Å². The van der Waals surface area contributed by atoms with Gasteiger partial charge in [0.1, 0.15) is 6.54 Å². The van der Waals surface area contributed by atoms with E-state index in [9.17, 15) is 0 Å². The second kappa shape index (κ2) is 6.14. The molecule has 0 N–H and O–H groups in total. The summed E-state index contributed by atoms with van der Waals surface area (Å²) in [6.45, 7) is 7.73. The smallest absolute Gasteiger partial charge is 0.178 e. The van der Waals surface area contributed by atoms with Crippen LogP contribution in [0.5, 0.6) is 0 Å². The van der Waals surface area contributed by atoms with Gasteiger partial charge in [-0.2, -0.15) is 0 Å². The number of aryl methyl sites for hydroxylation is 2. The fourth-order valence-electron chi connectivity index (χ4n) is 1.45. The van der Waals surface area contributed by atoms with Crippen molar-refractivity contribution in [1.82, 2.24) is 0 Å². The van der Waals surface area contributed by atoms with Crippen LogP contribution >= 0.6 is 0 Å². The van der Waals surface area contributed by atoms with E-state index in [0.29, 0.717) is 0 Å². The molecule has 0 saturated heterocycles. The molecule has 0 saturated carbocycles.